The maximum Gasteiger partial charge on any atom is 0.202 e. The predicted molar refractivity (Wildman–Crippen MR) is 82.4 cm³/mol. The van der Waals surface area contributed by atoms with Crippen molar-refractivity contribution in [3.63, 3.8) is 0 Å². The van der Waals surface area contributed by atoms with E-state index in [4.69, 9.17) is 0 Å². The summed E-state index contributed by atoms with van der Waals surface area (Å²) in [5.74, 6) is 1.69. The molecule has 2 rings (SSSR count). The smallest absolute Gasteiger partial charge is 0.202 e. The van der Waals surface area contributed by atoms with Gasteiger partial charge < -0.3 is 5.32 Å². The van der Waals surface area contributed by atoms with Gasteiger partial charge in [0.1, 0.15) is 0 Å². The molecule has 0 saturated heterocycles. The van der Waals surface area contributed by atoms with Crippen molar-refractivity contribution < 1.29 is 0 Å². The minimum absolute atomic E-state index is 0.799. The maximum atomic E-state index is 4.45. The molecule has 0 radical (unpaired) electrons. The fourth-order valence-corrected chi connectivity index (χ4v) is 3.43. The molecule has 1 aromatic heterocycles. The van der Waals surface area contributed by atoms with Crippen LogP contribution in [0.5, 0.6) is 0 Å². The Bertz CT molecular complexity index is 502. The molecule has 0 aliphatic rings. The molecule has 0 atom stereocenters. The van der Waals surface area contributed by atoms with E-state index in [1.165, 1.54) is 16.4 Å². The molecule has 0 aliphatic heterocycles. The summed E-state index contributed by atoms with van der Waals surface area (Å²) in [6.07, 6.45) is 1.10. The molecule has 0 saturated carbocycles. The van der Waals surface area contributed by atoms with Gasteiger partial charge >= 0.3 is 0 Å². The van der Waals surface area contributed by atoms with Crippen LogP contribution in [-0.2, 0) is 5.75 Å². The Morgan fingerprint density at radius 1 is 1.39 bits per heavy atom. The zero-order valence-electron chi connectivity index (χ0n) is 10.0. The van der Waals surface area contributed by atoms with Crippen LogP contribution in [0, 0.1) is 0 Å². The number of nitrogens with zero attached hydrogens (tertiary/aromatic N) is 2. The Balaban J connectivity index is 1.90. The first-order valence-electron chi connectivity index (χ1n) is 5.73. The van der Waals surface area contributed by atoms with Crippen LogP contribution in [0.3, 0.4) is 0 Å². The van der Waals surface area contributed by atoms with Crippen LogP contribution >= 0.6 is 39.2 Å². The monoisotopic (exact) mass is 343 g/mol. The van der Waals surface area contributed by atoms with Crippen LogP contribution in [0.1, 0.15) is 19.2 Å². The summed E-state index contributed by atoms with van der Waals surface area (Å²) in [4.78, 5) is 5.67. The van der Waals surface area contributed by atoms with E-state index in [0.717, 1.165) is 34.1 Å². The van der Waals surface area contributed by atoms with E-state index >= 15 is 0 Å². The van der Waals surface area contributed by atoms with Crippen LogP contribution < -0.4 is 5.32 Å². The van der Waals surface area contributed by atoms with Gasteiger partial charge in [-0.2, -0.15) is 4.37 Å². The van der Waals surface area contributed by atoms with Crippen molar-refractivity contribution in [3.8, 4) is 0 Å². The lowest BCUT2D eigenvalue weighted by Gasteiger charge is -2.01. The topological polar surface area (TPSA) is 37.8 Å². The zero-order valence-corrected chi connectivity index (χ0v) is 13.2. The molecule has 6 heteroatoms. The minimum Gasteiger partial charge on any atom is -0.360 e. The largest absolute Gasteiger partial charge is 0.360 e. The van der Waals surface area contributed by atoms with E-state index in [1.807, 2.05) is 18.2 Å². The van der Waals surface area contributed by atoms with Gasteiger partial charge in [-0.3, -0.25) is 0 Å². The number of hydrogen-bond acceptors (Lipinski definition) is 5. The molecule has 2 aromatic rings. The molecule has 0 spiro atoms. The van der Waals surface area contributed by atoms with E-state index < -0.39 is 0 Å². The number of nitrogens with one attached hydrogen (secondary N) is 1. The van der Waals surface area contributed by atoms with Crippen molar-refractivity contribution in [1.29, 1.82) is 0 Å². The Labute approximate surface area is 124 Å². The first-order chi connectivity index (χ1) is 8.79. The quantitative estimate of drug-likeness (QED) is 0.788. The molecule has 0 amide bonds. The second-order valence-electron chi connectivity index (χ2n) is 3.66. The third-order valence-electron chi connectivity index (χ3n) is 2.19. The van der Waals surface area contributed by atoms with E-state index in [9.17, 15) is 0 Å². The normalized spacial score (nSPS) is 10.6. The van der Waals surface area contributed by atoms with Crippen LogP contribution in [0.15, 0.2) is 33.6 Å². The molecule has 18 heavy (non-hydrogen) atoms. The van der Waals surface area contributed by atoms with Crippen LogP contribution in [-0.4, -0.2) is 15.9 Å². The molecule has 0 unspecified atom stereocenters. The lowest BCUT2D eigenvalue weighted by atomic mass is 10.4. The van der Waals surface area contributed by atoms with Crippen molar-refractivity contribution in [1.82, 2.24) is 9.36 Å². The van der Waals surface area contributed by atoms with Gasteiger partial charge in [-0.1, -0.05) is 19.1 Å². The van der Waals surface area contributed by atoms with E-state index in [2.05, 4.69) is 43.6 Å². The lowest BCUT2D eigenvalue weighted by Crippen LogP contribution is -1.98. The average Bonchev–Trinajstić information content (AvgIpc) is 2.83. The fraction of sp³-hybridized carbons (Fsp3) is 0.333. The van der Waals surface area contributed by atoms with Gasteiger partial charge in [0.25, 0.3) is 0 Å². The van der Waals surface area contributed by atoms with Gasteiger partial charge in [-0.15, -0.1) is 11.8 Å². The third-order valence-corrected chi connectivity index (χ3v) is 4.92. The van der Waals surface area contributed by atoms with Crippen LogP contribution in [0.4, 0.5) is 5.13 Å². The number of aromatic nitrogens is 2. The molecule has 0 bridgehead atoms. The summed E-state index contributed by atoms with van der Waals surface area (Å²) in [5.41, 5.74) is 0. The standard InChI is InChI=1S/C12H14BrN3S2/c1-2-7-14-12-15-11(16-18-12)8-17-10-6-4-3-5-9(10)13/h3-6H,2,7-8H2,1H3,(H,14,15,16). The average molecular weight is 344 g/mol. The highest BCUT2D eigenvalue weighted by atomic mass is 79.9. The Morgan fingerprint density at radius 2 is 2.22 bits per heavy atom. The second-order valence-corrected chi connectivity index (χ2v) is 6.28. The van der Waals surface area contributed by atoms with E-state index in [-0.39, 0.29) is 0 Å². The van der Waals surface area contributed by atoms with Crippen LogP contribution in [0.25, 0.3) is 0 Å². The molecule has 1 aromatic carbocycles. The summed E-state index contributed by atoms with van der Waals surface area (Å²) in [5, 5.41) is 4.17. The number of rotatable bonds is 6. The Hall–Kier alpha value is -0.590. The molecule has 1 heterocycles. The molecule has 3 nitrogen and oxygen atoms in total. The van der Waals surface area contributed by atoms with Gasteiger partial charge in [0.2, 0.25) is 5.13 Å². The number of benzene rings is 1. The number of anilines is 1. The molecule has 96 valence electrons. The number of thioether (sulfide) groups is 1. The first kappa shape index (κ1) is 13.8. The van der Waals surface area contributed by atoms with E-state index in [0.29, 0.717) is 0 Å². The summed E-state index contributed by atoms with van der Waals surface area (Å²) >= 11 is 6.71. The van der Waals surface area contributed by atoms with Gasteiger partial charge in [-0.25, -0.2) is 4.98 Å². The highest BCUT2D eigenvalue weighted by Crippen LogP contribution is 2.29. The third kappa shape index (κ3) is 3.96. The fourth-order valence-electron chi connectivity index (χ4n) is 1.32. The molecule has 0 aliphatic carbocycles. The maximum absolute atomic E-state index is 4.45. The zero-order chi connectivity index (χ0) is 12.8. The van der Waals surface area contributed by atoms with Crippen LogP contribution in [0.2, 0.25) is 0 Å². The molecule has 1 N–H and O–H groups in total. The Kier molecular flexibility index (Phi) is 5.46. The van der Waals surface area contributed by atoms with Gasteiger partial charge in [0, 0.05) is 27.4 Å². The summed E-state index contributed by atoms with van der Waals surface area (Å²) in [7, 11) is 0. The minimum atomic E-state index is 0.799. The summed E-state index contributed by atoms with van der Waals surface area (Å²) in [6.45, 7) is 3.09. The summed E-state index contributed by atoms with van der Waals surface area (Å²) < 4.78 is 5.47. The van der Waals surface area contributed by atoms with E-state index in [1.54, 1.807) is 11.8 Å². The van der Waals surface area contributed by atoms with Gasteiger partial charge in [-0.05, 0) is 34.5 Å². The predicted octanol–water partition coefficient (Wildman–Crippen LogP) is 4.41. The second kappa shape index (κ2) is 7.11. The Morgan fingerprint density at radius 3 is 3.00 bits per heavy atom. The molecule has 0 fully saturated rings. The first-order valence-corrected chi connectivity index (χ1v) is 8.28. The van der Waals surface area contributed by atoms with Crippen molar-refractivity contribution in [3.05, 3.63) is 34.6 Å². The SMILES string of the molecule is CCCNc1nc(CSc2ccccc2Br)ns1. The number of halogens is 1. The highest BCUT2D eigenvalue weighted by Gasteiger charge is 2.05. The molecular weight excluding hydrogens is 330 g/mol. The van der Waals surface area contributed by atoms with Crippen molar-refractivity contribution >= 4 is 44.4 Å². The number of hydrogen-bond donors (Lipinski definition) is 1. The molecular formula is C12H14BrN3S2. The van der Waals surface area contributed by atoms with Gasteiger partial charge in [0.05, 0.1) is 5.75 Å². The summed E-state index contributed by atoms with van der Waals surface area (Å²) in [6, 6.07) is 8.19. The van der Waals surface area contributed by atoms with Gasteiger partial charge in [0.15, 0.2) is 5.82 Å². The van der Waals surface area contributed by atoms with Crippen molar-refractivity contribution in [2.45, 2.75) is 24.0 Å². The van der Waals surface area contributed by atoms with Crippen molar-refractivity contribution in [2.24, 2.45) is 0 Å². The lowest BCUT2D eigenvalue weighted by molar-refractivity contribution is 0.972. The highest BCUT2D eigenvalue weighted by molar-refractivity contribution is 9.10. The van der Waals surface area contributed by atoms with Crippen molar-refractivity contribution in [2.75, 3.05) is 11.9 Å².